The van der Waals surface area contributed by atoms with Gasteiger partial charge in [0.25, 0.3) is 5.89 Å². The molecule has 154 valence electrons. The van der Waals surface area contributed by atoms with Crippen molar-refractivity contribution in [3.63, 3.8) is 0 Å². The Bertz CT molecular complexity index is 1010. The number of anilines is 1. The Balaban J connectivity index is 1.34. The second-order valence-corrected chi connectivity index (χ2v) is 7.29. The van der Waals surface area contributed by atoms with E-state index in [-0.39, 0.29) is 17.5 Å². The molecule has 0 bridgehead atoms. The quantitative estimate of drug-likeness (QED) is 0.623. The third-order valence-electron chi connectivity index (χ3n) is 5.07. The van der Waals surface area contributed by atoms with Crippen LogP contribution in [0.3, 0.4) is 0 Å². The zero-order valence-electron chi connectivity index (χ0n) is 16.8. The van der Waals surface area contributed by atoms with Crippen molar-refractivity contribution in [1.29, 1.82) is 5.26 Å². The lowest BCUT2D eigenvalue weighted by Gasteiger charge is -2.35. The summed E-state index contributed by atoms with van der Waals surface area (Å²) in [7, 11) is 1.95. The van der Waals surface area contributed by atoms with E-state index in [0.29, 0.717) is 44.4 Å². The summed E-state index contributed by atoms with van der Waals surface area (Å²) < 4.78 is 11.1. The number of hydrogen-bond donors (Lipinski definition) is 0. The molecule has 1 fully saturated rings. The predicted octanol–water partition coefficient (Wildman–Crippen LogP) is 2.59. The third kappa shape index (κ3) is 4.36. The minimum Gasteiger partial charge on any atom is -0.459 e. The van der Waals surface area contributed by atoms with Gasteiger partial charge < -0.3 is 18.6 Å². The van der Waals surface area contributed by atoms with Crippen LogP contribution in [0.25, 0.3) is 11.7 Å². The van der Waals surface area contributed by atoms with Gasteiger partial charge in [-0.25, -0.2) is 0 Å². The van der Waals surface area contributed by atoms with Crippen LogP contribution in [0.1, 0.15) is 11.3 Å². The molecular formula is C22H23N5O3. The van der Waals surface area contributed by atoms with Gasteiger partial charge in [-0.3, -0.25) is 9.69 Å². The molecule has 1 aromatic carbocycles. The van der Waals surface area contributed by atoms with Crippen LogP contribution in [0.5, 0.6) is 0 Å². The molecule has 0 atom stereocenters. The van der Waals surface area contributed by atoms with Crippen LogP contribution in [-0.2, 0) is 11.3 Å². The minimum atomic E-state index is 0.0995. The number of aromatic nitrogens is 1. The van der Waals surface area contributed by atoms with Crippen molar-refractivity contribution in [2.24, 2.45) is 0 Å². The first-order chi connectivity index (χ1) is 14.6. The average molecular weight is 405 g/mol. The number of hydrogen-bond acceptors (Lipinski definition) is 7. The normalized spacial score (nSPS) is 14.2. The Morgan fingerprint density at radius 2 is 1.93 bits per heavy atom. The van der Waals surface area contributed by atoms with Gasteiger partial charge in [0.1, 0.15) is 6.07 Å². The van der Waals surface area contributed by atoms with Crippen LogP contribution in [0, 0.1) is 11.3 Å². The van der Waals surface area contributed by atoms with E-state index in [2.05, 4.69) is 23.2 Å². The molecule has 30 heavy (non-hydrogen) atoms. The SMILES string of the molecule is CN(CC(=O)N1CCN(c2oc(-c3ccco3)nc2C#N)CC1)Cc1ccccc1. The minimum absolute atomic E-state index is 0.0995. The summed E-state index contributed by atoms with van der Waals surface area (Å²) in [6, 6.07) is 15.7. The lowest BCUT2D eigenvalue weighted by Crippen LogP contribution is -2.51. The van der Waals surface area contributed by atoms with Crippen molar-refractivity contribution in [2.45, 2.75) is 6.54 Å². The summed E-state index contributed by atoms with van der Waals surface area (Å²) in [5.41, 5.74) is 1.41. The van der Waals surface area contributed by atoms with Gasteiger partial charge in [0, 0.05) is 32.7 Å². The van der Waals surface area contributed by atoms with Crippen molar-refractivity contribution >= 4 is 11.8 Å². The average Bonchev–Trinajstić information content (AvgIpc) is 3.44. The van der Waals surface area contributed by atoms with Crippen molar-refractivity contribution in [1.82, 2.24) is 14.8 Å². The molecule has 0 unspecified atom stereocenters. The molecule has 8 nitrogen and oxygen atoms in total. The van der Waals surface area contributed by atoms with Gasteiger partial charge in [-0.2, -0.15) is 10.2 Å². The van der Waals surface area contributed by atoms with Crippen molar-refractivity contribution in [3.8, 4) is 17.7 Å². The van der Waals surface area contributed by atoms with E-state index in [1.54, 1.807) is 12.1 Å². The summed E-state index contributed by atoms with van der Waals surface area (Å²) in [6.07, 6.45) is 1.53. The highest BCUT2D eigenvalue weighted by atomic mass is 16.4. The number of rotatable bonds is 6. The Labute approximate surface area is 174 Å². The van der Waals surface area contributed by atoms with Crippen molar-refractivity contribution in [3.05, 3.63) is 60.0 Å². The van der Waals surface area contributed by atoms with Gasteiger partial charge in [-0.1, -0.05) is 30.3 Å². The smallest absolute Gasteiger partial charge is 0.266 e. The number of benzene rings is 1. The number of oxazole rings is 1. The van der Waals surface area contributed by atoms with E-state index in [9.17, 15) is 10.1 Å². The van der Waals surface area contributed by atoms with Gasteiger partial charge in [-0.05, 0) is 24.7 Å². The zero-order chi connectivity index (χ0) is 20.9. The maximum Gasteiger partial charge on any atom is 0.266 e. The monoisotopic (exact) mass is 405 g/mol. The molecule has 1 amide bonds. The maximum absolute atomic E-state index is 12.7. The fourth-order valence-corrected chi connectivity index (χ4v) is 3.55. The Morgan fingerprint density at radius 3 is 2.60 bits per heavy atom. The molecule has 0 radical (unpaired) electrons. The molecule has 4 rings (SSSR count). The molecule has 1 aliphatic rings. The highest BCUT2D eigenvalue weighted by Crippen LogP contribution is 2.29. The second kappa shape index (κ2) is 8.84. The standard InChI is InChI=1S/C22H23N5O3/c1-25(15-17-6-3-2-4-7-17)16-20(28)26-9-11-27(12-10-26)22-18(14-23)24-21(30-22)19-8-5-13-29-19/h2-8,13H,9-12,15-16H2,1H3. The van der Waals surface area contributed by atoms with Crippen molar-refractivity contribution < 1.29 is 13.6 Å². The fourth-order valence-electron chi connectivity index (χ4n) is 3.55. The number of carbonyl (C=O) groups is 1. The number of nitriles is 1. The molecule has 0 saturated carbocycles. The number of furan rings is 1. The van der Waals surface area contributed by atoms with Gasteiger partial charge in [0.05, 0.1) is 12.8 Å². The molecule has 3 aromatic rings. The van der Waals surface area contributed by atoms with Gasteiger partial charge in [0.2, 0.25) is 17.5 Å². The lowest BCUT2D eigenvalue weighted by molar-refractivity contribution is -0.132. The Kier molecular flexibility index (Phi) is 5.82. The molecule has 3 heterocycles. The van der Waals surface area contributed by atoms with Crippen LogP contribution in [0.2, 0.25) is 0 Å². The van der Waals surface area contributed by atoms with E-state index in [1.165, 1.54) is 11.8 Å². The number of likely N-dealkylation sites (N-methyl/N-ethyl adjacent to an activating group) is 1. The number of piperazine rings is 1. The first-order valence-corrected chi connectivity index (χ1v) is 9.84. The molecule has 1 aliphatic heterocycles. The molecular weight excluding hydrogens is 382 g/mol. The zero-order valence-corrected chi connectivity index (χ0v) is 16.8. The van der Waals surface area contributed by atoms with Gasteiger partial charge >= 0.3 is 0 Å². The van der Waals surface area contributed by atoms with E-state index in [4.69, 9.17) is 8.83 Å². The largest absolute Gasteiger partial charge is 0.459 e. The molecule has 2 aromatic heterocycles. The van der Waals surface area contributed by atoms with E-state index in [1.807, 2.05) is 39.9 Å². The van der Waals surface area contributed by atoms with Crippen LogP contribution < -0.4 is 4.90 Å². The Morgan fingerprint density at radius 1 is 1.17 bits per heavy atom. The predicted molar refractivity (Wildman–Crippen MR) is 110 cm³/mol. The van der Waals surface area contributed by atoms with E-state index in [0.717, 1.165) is 6.54 Å². The summed E-state index contributed by atoms with van der Waals surface area (Å²) in [5.74, 6) is 1.29. The van der Waals surface area contributed by atoms with Gasteiger partial charge in [0.15, 0.2) is 5.76 Å². The van der Waals surface area contributed by atoms with Crippen LogP contribution in [0.15, 0.2) is 57.6 Å². The van der Waals surface area contributed by atoms with Crippen molar-refractivity contribution in [2.75, 3.05) is 44.7 Å². The summed E-state index contributed by atoms with van der Waals surface area (Å²) in [4.78, 5) is 22.7. The molecule has 1 saturated heterocycles. The third-order valence-corrected chi connectivity index (χ3v) is 5.07. The lowest BCUT2D eigenvalue weighted by atomic mass is 10.2. The topological polar surface area (TPSA) is 89.8 Å². The first kappa shape index (κ1) is 19.7. The van der Waals surface area contributed by atoms with Crippen LogP contribution >= 0.6 is 0 Å². The molecule has 0 spiro atoms. The molecule has 0 aliphatic carbocycles. The number of carbonyl (C=O) groups excluding carboxylic acids is 1. The number of amides is 1. The maximum atomic E-state index is 12.7. The summed E-state index contributed by atoms with van der Waals surface area (Å²) >= 11 is 0. The highest BCUT2D eigenvalue weighted by Gasteiger charge is 2.27. The first-order valence-electron chi connectivity index (χ1n) is 9.84. The summed E-state index contributed by atoms with van der Waals surface area (Å²) in [6.45, 7) is 3.39. The summed E-state index contributed by atoms with van der Waals surface area (Å²) in [5, 5.41) is 9.42. The Hall–Kier alpha value is -3.57. The second-order valence-electron chi connectivity index (χ2n) is 7.29. The van der Waals surface area contributed by atoms with Crippen LogP contribution in [-0.4, -0.2) is 60.5 Å². The fraction of sp³-hybridized carbons (Fsp3) is 0.318. The van der Waals surface area contributed by atoms with Gasteiger partial charge in [-0.15, -0.1) is 0 Å². The number of nitrogens with zero attached hydrogens (tertiary/aromatic N) is 5. The highest BCUT2D eigenvalue weighted by molar-refractivity contribution is 5.78. The van der Waals surface area contributed by atoms with E-state index >= 15 is 0 Å². The van der Waals surface area contributed by atoms with Crippen LogP contribution in [0.4, 0.5) is 5.88 Å². The van der Waals surface area contributed by atoms with E-state index < -0.39 is 0 Å². The molecule has 0 N–H and O–H groups in total. The molecule has 8 heteroatoms.